The summed E-state index contributed by atoms with van der Waals surface area (Å²) in [6.07, 6.45) is 12.3. The highest BCUT2D eigenvalue weighted by molar-refractivity contribution is 6.30. The monoisotopic (exact) mass is 647 g/mol. The number of nitrogens with zero attached hydrogens (tertiary/aromatic N) is 3. The molecule has 0 unspecified atom stereocenters. The number of halogens is 1. The van der Waals surface area contributed by atoms with Crippen LogP contribution in [0.4, 0.5) is 0 Å². The molecule has 1 aliphatic heterocycles. The lowest BCUT2D eigenvalue weighted by molar-refractivity contribution is -0.134. The van der Waals surface area contributed by atoms with Gasteiger partial charge in [0.2, 0.25) is 0 Å². The summed E-state index contributed by atoms with van der Waals surface area (Å²) in [6, 6.07) is 12.9. The molecule has 2 aliphatic rings. The molecule has 0 atom stereocenters. The lowest BCUT2D eigenvalue weighted by atomic mass is 9.88. The number of piperidine rings is 1. The van der Waals surface area contributed by atoms with Gasteiger partial charge in [0.1, 0.15) is 0 Å². The molecule has 0 amide bonds. The van der Waals surface area contributed by atoms with Crippen LogP contribution < -0.4 is 0 Å². The van der Waals surface area contributed by atoms with Crippen LogP contribution in [-0.2, 0) is 38.6 Å². The van der Waals surface area contributed by atoms with Crippen LogP contribution in [0.15, 0.2) is 84.9 Å². The summed E-state index contributed by atoms with van der Waals surface area (Å²) in [5.74, 6) is -5.03. The van der Waals surface area contributed by atoms with Gasteiger partial charge in [-0.1, -0.05) is 35.4 Å². The minimum atomic E-state index is -1.26. The number of carbonyl (C=O) groups is 4. The number of hydrogen-bond acceptors (Lipinski definition) is 7. The van der Waals surface area contributed by atoms with E-state index in [0.29, 0.717) is 24.3 Å². The summed E-state index contributed by atoms with van der Waals surface area (Å²) in [5.41, 5.74) is 10.6. The maximum absolute atomic E-state index is 9.55. The molecule has 0 saturated carbocycles. The predicted octanol–water partition coefficient (Wildman–Crippen LogP) is 5.06. The molecule has 0 radical (unpaired) electrons. The molecule has 1 aliphatic carbocycles. The number of aliphatic carboxylic acids is 4. The van der Waals surface area contributed by atoms with E-state index >= 15 is 0 Å². The van der Waals surface area contributed by atoms with E-state index in [1.807, 2.05) is 24.7 Å². The fourth-order valence-corrected chi connectivity index (χ4v) is 5.31. The molecular formula is C34H34ClN3O8. The van der Waals surface area contributed by atoms with Crippen LogP contribution in [0.25, 0.3) is 5.57 Å². The minimum Gasteiger partial charge on any atom is -0.478 e. The summed E-state index contributed by atoms with van der Waals surface area (Å²) in [6.45, 7) is 5.21. The van der Waals surface area contributed by atoms with Gasteiger partial charge in [-0.05, 0) is 78.6 Å². The number of rotatable bonds is 6. The lowest BCUT2D eigenvalue weighted by Crippen LogP contribution is -2.30. The molecule has 0 spiro atoms. The first-order chi connectivity index (χ1) is 21.9. The van der Waals surface area contributed by atoms with Crippen molar-refractivity contribution in [1.29, 1.82) is 0 Å². The van der Waals surface area contributed by atoms with Gasteiger partial charge in [-0.2, -0.15) is 0 Å². The van der Waals surface area contributed by atoms with Crippen LogP contribution >= 0.6 is 11.6 Å². The maximum atomic E-state index is 9.55. The van der Waals surface area contributed by atoms with Crippen LogP contribution in [0.3, 0.4) is 0 Å². The van der Waals surface area contributed by atoms with Gasteiger partial charge in [0.15, 0.2) is 0 Å². The van der Waals surface area contributed by atoms with Crippen LogP contribution in [0.5, 0.6) is 0 Å². The maximum Gasteiger partial charge on any atom is 0.328 e. The van der Waals surface area contributed by atoms with Crippen LogP contribution in [0, 0.1) is 6.92 Å². The number of pyridine rings is 2. The van der Waals surface area contributed by atoms with Crippen molar-refractivity contribution in [2.75, 3.05) is 13.1 Å². The minimum absolute atomic E-state index is 0.558. The molecule has 11 nitrogen and oxygen atoms in total. The number of benzene rings is 1. The molecule has 1 saturated heterocycles. The van der Waals surface area contributed by atoms with Crippen molar-refractivity contribution < 1.29 is 39.6 Å². The molecule has 240 valence electrons. The Morgan fingerprint density at radius 1 is 0.804 bits per heavy atom. The van der Waals surface area contributed by atoms with Crippen LogP contribution in [0.2, 0.25) is 5.02 Å². The Hall–Kier alpha value is -5.13. The second-order valence-electron chi connectivity index (χ2n) is 10.5. The Kier molecular flexibility index (Phi) is 13.4. The third kappa shape index (κ3) is 11.4. The summed E-state index contributed by atoms with van der Waals surface area (Å²) in [5, 5.41) is 32.1. The number of carboxylic acids is 4. The van der Waals surface area contributed by atoms with Crippen molar-refractivity contribution >= 4 is 41.1 Å². The fourth-order valence-electron chi connectivity index (χ4n) is 5.11. The number of fused-ring (bicyclic) bond motifs is 2. The number of carboxylic acid groups (broad SMARTS) is 4. The summed E-state index contributed by atoms with van der Waals surface area (Å²) in [7, 11) is 0. The molecule has 3 aromatic rings. The standard InChI is InChI=1S/C26H26ClN3.2C4H4O4/c1-18-13-19(16-28-15-18)17-30-11-8-20(9-12-30)25-24-7-6-23(27)14-22(24)5-4-21-3-2-10-29-26(21)25;2*5-3(6)1-2-4(7)8/h2-3,6-7,10,13-16H,4-5,8-9,11-12,17H2,1H3;2*1-2H,(H,5,6)(H,7,8)/b;2*2-1+. The second kappa shape index (κ2) is 17.4. The Bertz CT molecular complexity index is 1610. The second-order valence-corrected chi connectivity index (χ2v) is 10.9. The Morgan fingerprint density at radius 3 is 1.96 bits per heavy atom. The summed E-state index contributed by atoms with van der Waals surface area (Å²) < 4.78 is 0. The van der Waals surface area contributed by atoms with Gasteiger partial charge in [0.25, 0.3) is 0 Å². The Balaban J connectivity index is 0.000000299. The average molecular weight is 648 g/mol. The number of aryl methyl sites for hydroxylation is 3. The van der Waals surface area contributed by atoms with Crippen molar-refractivity contribution in [3.05, 3.63) is 123 Å². The molecule has 2 aromatic heterocycles. The van der Waals surface area contributed by atoms with E-state index in [-0.39, 0.29) is 0 Å². The Labute approximate surface area is 270 Å². The molecule has 5 rings (SSSR count). The van der Waals surface area contributed by atoms with E-state index in [1.165, 1.54) is 44.7 Å². The van der Waals surface area contributed by atoms with Crippen molar-refractivity contribution in [3.63, 3.8) is 0 Å². The molecular weight excluding hydrogens is 614 g/mol. The van der Waals surface area contributed by atoms with Crippen LogP contribution in [-0.4, -0.2) is 72.3 Å². The van der Waals surface area contributed by atoms with Crippen LogP contribution in [0.1, 0.15) is 46.4 Å². The zero-order chi connectivity index (χ0) is 33.6. The average Bonchev–Trinajstić information content (AvgIpc) is 3.17. The van der Waals surface area contributed by atoms with E-state index in [4.69, 9.17) is 37.0 Å². The predicted molar refractivity (Wildman–Crippen MR) is 171 cm³/mol. The van der Waals surface area contributed by atoms with E-state index in [9.17, 15) is 19.2 Å². The SMILES string of the molecule is Cc1cncc(CN2CCC(=C3c4ccc(Cl)cc4CCc4cccnc43)CC2)c1.O=C(O)/C=C/C(=O)O.O=C(O)/C=C/C(=O)O. The topological polar surface area (TPSA) is 178 Å². The Morgan fingerprint density at radius 2 is 1.39 bits per heavy atom. The quantitative estimate of drug-likeness (QED) is 0.263. The third-order valence-corrected chi connectivity index (χ3v) is 7.25. The molecule has 1 aromatic carbocycles. The smallest absolute Gasteiger partial charge is 0.328 e. The number of hydrogen-bond donors (Lipinski definition) is 4. The van der Waals surface area contributed by atoms with Gasteiger partial charge >= 0.3 is 23.9 Å². The third-order valence-electron chi connectivity index (χ3n) is 7.02. The summed E-state index contributed by atoms with van der Waals surface area (Å²) >= 11 is 6.34. The van der Waals surface area contributed by atoms with Gasteiger partial charge in [-0.3, -0.25) is 14.9 Å². The first kappa shape index (κ1) is 35.4. The zero-order valence-corrected chi connectivity index (χ0v) is 25.9. The van der Waals surface area contributed by atoms with Gasteiger partial charge in [-0.15, -0.1) is 0 Å². The first-order valence-electron chi connectivity index (χ1n) is 14.3. The largest absolute Gasteiger partial charge is 0.478 e. The molecule has 4 N–H and O–H groups in total. The van der Waals surface area contributed by atoms with Crippen molar-refractivity contribution in [1.82, 2.24) is 14.9 Å². The number of aromatic nitrogens is 2. The van der Waals surface area contributed by atoms with Crippen molar-refractivity contribution in [3.8, 4) is 0 Å². The van der Waals surface area contributed by atoms with Crippen molar-refractivity contribution in [2.45, 2.75) is 39.2 Å². The van der Waals surface area contributed by atoms with Crippen molar-refractivity contribution in [2.24, 2.45) is 0 Å². The molecule has 3 heterocycles. The van der Waals surface area contributed by atoms with Gasteiger partial charge in [0, 0.05) is 73.1 Å². The van der Waals surface area contributed by atoms with E-state index in [0.717, 1.165) is 50.3 Å². The van der Waals surface area contributed by atoms with E-state index in [1.54, 1.807) is 0 Å². The van der Waals surface area contributed by atoms with Gasteiger partial charge < -0.3 is 20.4 Å². The fraction of sp³-hybridized carbons (Fsp3) is 0.235. The van der Waals surface area contributed by atoms with E-state index in [2.05, 4.69) is 47.1 Å². The summed E-state index contributed by atoms with van der Waals surface area (Å²) in [4.78, 5) is 49.9. The number of likely N-dealkylation sites (tertiary alicyclic amines) is 1. The molecule has 12 heteroatoms. The lowest BCUT2D eigenvalue weighted by Gasteiger charge is -2.30. The highest BCUT2D eigenvalue weighted by Crippen LogP contribution is 2.38. The first-order valence-corrected chi connectivity index (χ1v) is 14.7. The highest BCUT2D eigenvalue weighted by atomic mass is 35.5. The molecule has 1 fully saturated rings. The normalized spacial score (nSPS) is 14.2. The molecule has 46 heavy (non-hydrogen) atoms. The van der Waals surface area contributed by atoms with Gasteiger partial charge in [-0.25, -0.2) is 19.2 Å². The van der Waals surface area contributed by atoms with E-state index < -0.39 is 23.9 Å². The molecule has 0 bridgehead atoms. The highest BCUT2D eigenvalue weighted by Gasteiger charge is 2.25. The zero-order valence-electron chi connectivity index (χ0n) is 25.1. The van der Waals surface area contributed by atoms with Gasteiger partial charge in [0.05, 0.1) is 5.69 Å².